The molecule has 0 radical (unpaired) electrons. The van der Waals surface area contributed by atoms with Gasteiger partial charge in [0, 0.05) is 6.54 Å². The number of amides is 1. The van der Waals surface area contributed by atoms with Gasteiger partial charge >= 0.3 is 0 Å². The van der Waals surface area contributed by atoms with Crippen LogP contribution in [-0.4, -0.2) is 32.3 Å². The Balaban J connectivity index is 2.17. The summed E-state index contributed by atoms with van der Waals surface area (Å²) in [5.74, 6) is 0.573. The summed E-state index contributed by atoms with van der Waals surface area (Å²) in [6.45, 7) is 9.21. The molecule has 0 atom stereocenters. The van der Waals surface area contributed by atoms with Crippen molar-refractivity contribution in [1.82, 2.24) is 5.32 Å². The molecule has 20 heavy (non-hydrogen) atoms. The lowest BCUT2D eigenvalue weighted by molar-refractivity contribution is -0.123. The van der Waals surface area contributed by atoms with Gasteiger partial charge in [0.2, 0.25) is 0 Å². The average Bonchev–Trinajstić information content (AvgIpc) is 2.44. The molecule has 1 amide bonds. The van der Waals surface area contributed by atoms with Crippen molar-refractivity contribution in [2.45, 2.75) is 20.3 Å². The zero-order chi connectivity index (χ0) is 14.8. The number of rotatable bonds is 9. The molecular weight excluding hydrogens is 254 g/mol. The van der Waals surface area contributed by atoms with Crippen LogP contribution in [0.1, 0.15) is 19.4 Å². The van der Waals surface area contributed by atoms with E-state index in [1.165, 1.54) is 5.56 Å². The Morgan fingerprint density at radius 3 is 2.85 bits per heavy atom. The molecule has 0 aromatic heterocycles. The van der Waals surface area contributed by atoms with Crippen LogP contribution >= 0.6 is 0 Å². The Morgan fingerprint density at radius 2 is 2.15 bits per heavy atom. The van der Waals surface area contributed by atoms with E-state index in [0.29, 0.717) is 19.8 Å². The smallest absolute Gasteiger partial charge is 0.258 e. The first kappa shape index (κ1) is 16.2. The topological polar surface area (TPSA) is 47.6 Å². The first-order valence-corrected chi connectivity index (χ1v) is 6.82. The zero-order valence-electron chi connectivity index (χ0n) is 12.3. The van der Waals surface area contributed by atoms with Crippen molar-refractivity contribution in [2.24, 2.45) is 0 Å². The highest BCUT2D eigenvalue weighted by Gasteiger charge is 2.02. The van der Waals surface area contributed by atoms with Gasteiger partial charge in [-0.05, 0) is 31.0 Å². The van der Waals surface area contributed by atoms with Crippen LogP contribution < -0.4 is 10.1 Å². The molecule has 0 bridgehead atoms. The summed E-state index contributed by atoms with van der Waals surface area (Å²) in [5.41, 5.74) is 2.16. The fourth-order valence-electron chi connectivity index (χ4n) is 1.56. The van der Waals surface area contributed by atoms with Gasteiger partial charge in [0.05, 0.1) is 13.2 Å². The van der Waals surface area contributed by atoms with Crippen LogP contribution in [-0.2, 0) is 16.0 Å². The second-order valence-corrected chi connectivity index (χ2v) is 4.65. The van der Waals surface area contributed by atoms with Crippen molar-refractivity contribution >= 4 is 5.91 Å². The molecule has 1 aromatic carbocycles. The molecule has 0 aliphatic heterocycles. The third-order valence-electron chi connectivity index (χ3n) is 2.59. The number of ether oxygens (including phenoxy) is 2. The molecule has 0 aliphatic carbocycles. The summed E-state index contributed by atoms with van der Waals surface area (Å²) < 4.78 is 10.7. The largest absolute Gasteiger partial charge is 0.484 e. The number of hydrogen-bond acceptors (Lipinski definition) is 3. The maximum atomic E-state index is 11.6. The molecular formula is C16H23NO3. The summed E-state index contributed by atoms with van der Waals surface area (Å²) in [4.78, 5) is 11.6. The molecule has 0 saturated heterocycles. The second-order valence-electron chi connectivity index (χ2n) is 4.65. The highest BCUT2D eigenvalue weighted by Crippen LogP contribution is 2.13. The monoisotopic (exact) mass is 277 g/mol. The lowest BCUT2D eigenvalue weighted by atomic mass is 10.2. The molecule has 1 N–H and O–H groups in total. The van der Waals surface area contributed by atoms with E-state index in [0.717, 1.165) is 17.7 Å². The Bertz CT molecular complexity index is 443. The maximum Gasteiger partial charge on any atom is 0.258 e. The van der Waals surface area contributed by atoms with Crippen LogP contribution in [0.3, 0.4) is 0 Å². The van der Waals surface area contributed by atoms with Gasteiger partial charge < -0.3 is 14.8 Å². The van der Waals surface area contributed by atoms with E-state index in [1.807, 2.05) is 31.2 Å². The summed E-state index contributed by atoms with van der Waals surface area (Å²) in [6.07, 6.45) is 0.948. The van der Waals surface area contributed by atoms with Crippen LogP contribution in [0.15, 0.2) is 36.4 Å². The normalized spacial score (nSPS) is 10.1. The number of carbonyl (C=O) groups is 1. The Kier molecular flexibility index (Phi) is 7.43. The second kappa shape index (κ2) is 9.15. The van der Waals surface area contributed by atoms with Gasteiger partial charge in [0.15, 0.2) is 6.61 Å². The molecule has 0 aliphatic rings. The van der Waals surface area contributed by atoms with Gasteiger partial charge in [-0.3, -0.25) is 4.79 Å². The predicted octanol–water partition coefficient (Wildman–Crippen LogP) is 2.34. The molecule has 1 rings (SSSR count). The average molecular weight is 277 g/mol. The van der Waals surface area contributed by atoms with Crippen molar-refractivity contribution in [3.05, 3.63) is 42.0 Å². The molecule has 110 valence electrons. The highest BCUT2D eigenvalue weighted by atomic mass is 16.5. The van der Waals surface area contributed by atoms with E-state index in [9.17, 15) is 4.79 Å². The molecule has 0 spiro atoms. The van der Waals surface area contributed by atoms with E-state index in [2.05, 4.69) is 18.8 Å². The zero-order valence-corrected chi connectivity index (χ0v) is 12.3. The minimum absolute atomic E-state index is 0.0215. The molecule has 0 unspecified atom stereocenters. The van der Waals surface area contributed by atoms with Crippen LogP contribution in [0.25, 0.3) is 0 Å². The number of nitrogens with one attached hydrogen (secondary N) is 1. The highest BCUT2D eigenvalue weighted by molar-refractivity contribution is 5.77. The molecule has 0 saturated carbocycles. The lowest BCUT2D eigenvalue weighted by Gasteiger charge is -2.08. The van der Waals surface area contributed by atoms with Crippen molar-refractivity contribution in [1.29, 1.82) is 0 Å². The Hall–Kier alpha value is -1.81. The Labute approximate surface area is 120 Å². The van der Waals surface area contributed by atoms with E-state index >= 15 is 0 Å². The molecule has 0 heterocycles. The molecule has 1 aromatic rings. The summed E-state index contributed by atoms with van der Waals surface area (Å²) in [5, 5.41) is 2.74. The SMILES string of the molecule is C=C(C)COCCNC(=O)COc1cccc(CC)c1. The van der Waals surface area contributed by atoms with Crippen LogP contribution in [0.4, 0.5) is 0 Å². The quantitative estimate of drug-likeness (QED) is 0.557. The summed E-state index contributed by atoms with van der Waals surface area (Å²) in [7, 11) is 0. The molecule has 4 nitrogen and oxygen atoms in total. The Morgan fingerprint density at radius 1 is 1.35 bits per heavy atom. The van der Waals surface area contributed by atoms with E-state index in [1.54, 1.807) is 0 Å². The molecule has 4 heteroatoms. The van der Waals surface area contributed by atoms with Crippen molar-refractivity contribution in [2.75, 3.05) is 26.4 Å². The van der Waals surface area contributed by atoms with Gasteiger partial charge in [0.1, 0.15) is 5.75 Å². The lowest BCUT2D eigenvalue weighted by Crippen LogP contribution is -2.31. The van der Waals surface area contributed by atoms with E-state index in [-0.39, 0.29) is 12.5 Å². The third-order valence-corrected chi connectivity index (χ3v) is 2.59. The van der Waals surface area contributed by atoms with Gasteiger partial charge in [-0.25, -0.2) is 0 Å². The minimum Gasteiger partial charge on any atom is -0.484 e. The number of benzene rings is 1. The number of aryl methyl sites for hydroxylation is 1. The van der Waals surface area contributed by atoms with Gasteiger partial charge in [-0.2, -0.15) is 0 Å². The minimum atomic E-state index is -0.147. The fraction of sp³-hybridized carbons (Fsp3) is 0.438. The van der Waals surface area contributed by atoms with E-state index in [4.69, 9.17) is 9.47 Å². The molecule has 0 fully saturated rings. The van der Waals surface area contributed by atoms with Gasteiger partial charge in [-0.1, -0.05) is 31.2 Å². The third kappa shape index (κ3) is 6.95. The van der Waals surface area contributed by atoms with Gasteiger partial charge in [-0.15, -0.1) is 0 Å². The standard InChI is InChI=1S/C16H23NO3/c1-4-14-6-5-7-15(10-14)20-12-16(18)17-8-9-19-11-13(2)3/h5-7,10H,2,4,8-9,11-12H2,1,3H3,(H,17,18). The van der Waals surface area contributed by atoms with Crippen LogP contribution in [0.5, 0.6) is 5.75 Å². The van der Waals surface area contributed by atoms with Gasteiger partial charge in [0.25, 0.3) is 5.91 Å². The van der Waals surface area contributed by atoms with E-state index < -0.39 is 0 Å². The number of carbonyl (C=O) groups excluding carboxylic acids is 1. The summed E-state index contributed by atoms with van der Waals surface area (Å²) >= 11 is 0. The van der Waals surface area contributed by atoms with Crippen LogP contribution in [0, 0.1) is 0 Å². The fourth-order valence-corrected chi connectivity index (χ4v) is 1.56. The number of hydrogen-bond donors (Lipinski definition) is 1. The summed E-state index contributed by atoms with van der Waals surface area (Å²) in [6, 6.07) is 7.76. The maximum absolute atomic E-state index is 11.6. The predicted molar refractivity (Wildman–Crippen MR) is 80.0 cm³/mol. The first-order chi connectivity index (χ1) is 9.61. The van der Waals surface area contributed by atoms with Crippen LogP contribution in [0.2, 0.25) is 0 Å². The van der Waals surface area contributed by atoms with Crippen molar-refractivity contribution in [3.63, 3.8) is 0 Å². The van der Waals surface area contributed by atoms with Crippen molar-refractivity contribution < 1.29 is 14.3 Å². The van der Waals surface area contributed by atoms with Crippen molar-refractivity contribution in [3.8, 4) is 5.75 Å². The first-order valence-electron chi connectivity index (χ1n) is 6.82.